The first-order valence-corrected chi connectivity index (χ1v) is 8.20. The third kappa shape index (κ3) is 4.36. The van der Waals surface area contributed by atoms with E-state index in [1.54, 1.807) is 60.4 Å². The molecule has 0 aliphatic carbocycles. The zero-order valence-corrected chi connectivity index (χ0v) is 15.0. The number of amidine groups is 1. The number of nitrogens with two attached hydrogens (primary N) is 1. The van der Waals surface area contributed by atoms with Gasteiger partial charge in [-0.2, -0.15) is 5.10 Å². The molecule has 0 unspecified atom stereocenters. The van der Waals surface area contributed by atoms with Gasteiger partial charge >= 0.3 is 0 Å². The molecule has 0 bridgehead atoms. The van der Waals surface area contributed by atoms with E-state index < -0.39 is 0 Å². The molecule has 0 spiro atoms. The maximum absolute atomic E-state index is 12.4. The molecule has 0 fully saturated rings. The molecule has 1 amide bonds. The zero-order valence-electron chi connectivity index (χ0n) is 14.3. The van der Waals surface area contributed by atoms with Crippen LogP contribution in [-0.4, -0.2) is 26.7 Å². The maximum Gasteiger partial charge on any atom is 0.256 e. The first-order valence-electron chi connectivity index (χ1n) is 7.82. The molecule has 0 aliphatic rings. The molecule has 1 heterocycles. The second-order valence-electron chi connectivity index (χ2n) is 5.59. The fraction of sp³-hybridized carbons (Fsp3) is 0.0556. The molecule has 2 aromatic carbocycles. The molecule has 0 aliphatic heterocycles. The number of rotatable bonds is 5. The molecule has 0 saturated carbocycles. The Kier molecular flexibility index (Phi) is 5.28. The fourth-order valence-electron chi connectivity index (χ4n) is 2.30. The van der Waals surface area contributed by atoms with Crippen molar-refractivity contribution in [3.8, 4) is 11.5 Å². The number of nitrogens with one attached hydrogen (secondary N) is 1. The van der Waals surface area contributed by atoms with Gasteiger partial charge in [-0.3, -0.25) is 9.48 Å². The summed E-state index contributed by atoms with van der Waals surface area (Å²) in [5.74, 6) is 0.885. The summed E-state index contributed by atoms with van der Waals surface area (Å²) in [5, 5.41) is 18.7. The Bertz CT molecular complexity index is 1020. The lowest BCUT2D eigenvalue weighted by Crippen LogP contribution is -2.13. The van der Waals surface area contributed by atoms with Crippen molar-refractivity contribution in [1.82, 2.24) is 9.78 Å². The Morgan fingerprint density at radius 3 is 2.74 bits per heavy atom. The van der Waals surface area contributed by atoms with Gasteiger partial charge in [0.05, 0.1) is 5.02 Å². The van der Waals surface area contributed by atoms with Gasteiger partial charge in [0.2, 0.25) is 0 Å². The van der Waals surface area contributed by atoms with Gasteiger partial charge in [-0.05, 0) is 36.4 Å². The molecule has 8 nitrogen and oxygen atoms in total. The summed E-state index contributed by atoms with van der Waals surface area (Å²) in [4.78, 5) is 12.4. The summed E-state index contributed by atoms with van der Waals surface area (Å²) < 4.78 is 7.34. The summed E-state index contributed by atoms with van der Waals surface area (Å²) in [7, 11) is 1.76. The number of oxime groups is 1. The topological polar surface area (TPSA) is 115 Å². The number of carbonyl (C=O) groups is 1. The third-order valence-electron chi connectivity index (χ3n) is 3.61. The monoisotopic (exact) mass is 385 g/mol. The Balaban J connectivity index is 1.77. The highest BCUT2D eigenvalue weighted by atomic mass is 35.5. The van der Waals surface area contributed by atoms with Crippen LogP contribution in [0.4, 0.5) is 5.82 Å². The van der Waals surface area contributed by atoms with E-state index in [1.807, 2.05) is 0 Å². The van der Waals surface area contributed by atoms with Crippen molar-refractivity contribution in [2.24, 2.45) is 17.9 Å². The molecule has 0 radical (unpaired) electrons. The first kappa shape index (κ1) is 18.3. The van der Waals surface area contributed by atoms with Gasteiger partial charge in [-0.25, -0.2) is 0 Å². The number of aromatic nitrogens is 2. The molecule has 27 heavy (non-hydrogen) atoms. The average Bonchev–Trinajstić information content (AvgIpc) is 3.07. The van der Waals surface area contributed by atoms with Gasteiger partial charge in [0.1, 0.15) is 11.5 Å². The van der Waals surface area contributed by atoms with E-state index in [1.165, 1.54) is 6.07 Å². The molecule has 9 heteroatoms. The van der Waals surface area contributed by atoms with Crippen molar-refractivity contribution in [3.63, 3.8) is 0 Å². The van der Waals surface area contributed by atoms with Crippen LogP contribution < -0.4 is 15.8 Å². The van der Waals surface area contributed by atoms with Crippen LogP contribution in [0.2, 0.25) is 5.02 Å². The number of hydrogen-bond acceptors (Lipinski definition) is 5. The fourth-order valence-corrected chi connectivity index (χ4v) is 2.52. The number of carbonyl (C=O) groups excluding carboxylic acids is 1. The zero-order chi connectivity index (χ0) is 19.4. The van der Waals surface area contributed by atoms with Crippen molar-refractivity contribution in [2.75, 3.05) is 5.32 Å². The van der Waals surface area contributed by atoms with Crippen molar-refractivity contribution < 1.29 is 14.7 Å². The van der Waals surface area contributed by atoms with Crippen molar-refractivity contribution in [2.45, 2.75) is 0 Å². The molecule has 1 aromatic heterocycles. The molecule has 4 N–H and O–H groups in total. The number of benzene rings is 2. The van der Waals surface area contributed by atoms with Crippen molar-refractivity contribution in [1.29, 1.82) is 0 Å². The normalized spacial score (nSPS) is 11.3. The minimum Gasteiger partial charge on any atom is -0.456 e. The van der Waals surface area contributed by atoms with Gasteiger partial charge in [0.25, 0.3) is 5.91 Å². The van der Waals surface area contributed by atoms with Crippen LogP contribution in [-0.2, 0) is 7.05 Å². The first-order chi connectivity index (χ1) is 13.0. The predicted octanol–water partition coefficient (Wildman–Crippen LogP) is 3.21. The smallest absolute Gasteiger partial charge is 0.256 e. The summed E-state index contributed by atoms with van der Waals surface area (Å²) in [6, 6.07) is 13.1. The highest BCUT2D eigenvalue weighted by Gasteiger charge is 2.11. The molecular weight excluding hydrogens is 370 g/mol. The van der Waals surface area contributed by atoms with Crippen LogP contribution in [0, 0.1) is 0 Å². The lowest BCUT2D eigenvalue weighted by Gasteiger charge is -2.10. The molecule has 138 valence electrons. The lowest BCUT2D eigenvalue weighted by atomic mass is 10.2. The Hall–Kier alpha value is -3.52. The minimum absolute atomic E-state index is 0.0587. The number of halogens is 1. The van der Waals surface area contributed by atoms with Crippen molar-refractivity contribution >= 4 is 29.2 Å². The van der Waals surface area contributed by atoms with E-state index in [2.05, 4.69) is 15.6 Å². The summed E-state index contributed by atoms with van der Waals surface area (Å²) >= 11 is 6.19. The Morgan fingerprint density at radius 2 is 2.07 bits per heavy atom. The van der Waals surface area contributed by atoms with E-state index in [0.29, 0.717) is 28.4 Å². The number of hydrogen-bond donors (Lipinski definition) is 3. The van der Waals surface area contributed by atoms with Crippen LogP contribution in [0.25, 0.3) is 0 Å². The second kappa shape index (κ2) is 7.79. The maximum atomic E-state index is 12.4. The van der Waals surface area contributed by atoms with E-state index in [-0.39, 0.29) is 16.8 Å². The highest BCUT2D eigenvalue weighted by molar-refractivity contribution is 6.32. The summed E-state index contributed by atoms with van der Waals surface area (Å²) in [6.07, 6.45) is 1.73. The van der Waals surface area contributed by atoms with Crippen LogP contribution in [0.1, 0.15) is 15.9 Å². The quantitative estimate of drug-likeness (QED) is 0.270. The van der Waals surface area contributed by atoms with Gasteiger partial charge < -0.3 is 21.0 Å². The number of nitrogens with zero attached hydrogens (tertiary/aromatic N) is 3. The molecule has 0 atom stereocenters. The van der Waals surface area contributed by atoms with E-state index in [9.17, 15) is 4.79 Å². The second-order valence-corrected chi connectivity index (χ2v) is 6.00. The van der Waals surface area contributed by atoms with Crippen molar-refractivity contribution in [3.05, 3.63) is 70.9 Å². The highest BCUT2D eigenvalue weighted by Crippen LogP contribution is 2.30. The average molecular weight is 386 g/mol. The minimum atomic E-state index is -0.312. The standard InChI is InChI=1S/C18H16ClN5O3/c1-24-8-7-16(22-24)21-18(25)12-3-2-4-13(9-12)27-15-6-5-11(10-14(15)19)17(20)23-26/h2-10,26H,1H3,(H2,20,23)(H,21,22,25). The van der Waals surface area contributed by atoms with Gasteiger partial charge in [-0.15, -0.1) is 0 Å². The van der Waals surface area contributed by atoms with E-state index in [4.69, 9.17) is 27.3 Å². The molecular formula is C18H16ClN5O3. The summed E-state index contributed by atoms with van der Waals surface area (Å²) in [5.41, 5.74) is 6.40. The van der Waals surface area contributed by atoms with Crippen LogP contribution in [0.5, 0.6) is 11.5 Å². The largest absolute Gasteiger partial charge is 0.456 e. The Labute approximate surface area is 159 Å². The molecule has 0 saturated heterocycles. The lowest BCUT2D eigenvalue weighted by molar-refractivity contribution is 0.102. The predicted molar refractivity (Wildman–Crippen MR) is 102 cm³/mol. The van der Waals surface area contributed by atoms with Gasteiger partial charge in [0.15, 0.2) is 11.7 Å². The number of ether oxygens (including phenoxy) is 1. The number of amides is 1. The van der Waals surface area contributed by atoms with Crippen LogP contribution in [0.15, 0.2) is 59.9 Å². The van der Waals surface area contributed by atoms with Crippen LogP contribution >= 0.6 is 11.6 Å². The number of aryl methyl sites for hydroxylation is 1. The van der Waals surface area contributed by atoms with Gasteiger partial charge in [0, 0.05) is 30.4 Å². The van der Waals surface area contributed by atoms with E-state index in [0.717, 1.165) is 0 Å². The Morgan fingerprint density at radius 1 is 1.26 bits per heavy atom. The molecule has 3 rings (SSSR count). The summed E-state index contributed by atoms with van der Waals surface area (Å²) in [6.45, 7) is 0. The molecule has 3 aromatic rings. The van der Waals surface area contributed by atoms with Gasteiger partial charge in [-0.1, -0.05) is 22.8 Å². The van der Waals surface area contributed by atoms with Crippen LogP contribution in [0.3, 0.4) is 0 Å². The third-order valence-corrected chi connectivity index (χ3v) is 3.91. The van der Waals surface area contributed by atoms with E-state index >= 15 is 0 Å². The SMILES string of the molecule is Cn1ccc(NC(=O)c2cccc(Oc3ccc(/C(N)=N/O)cc3Cl)c2)n1. The number of anilines is 1.